The maximum absolute atomic E-state index is 12.3. The van der Waals surface area contributed by atoms with Crippen molar-refractivity contribution in [3.63, 3.8) is 0 Å². The zero-order chi connectivity index (χ0) is 20.6. The van der Waals surface area contributed by atoms with Gasteiger partial charge in [-0.2, -0.15) is 5.10 Å². The third-order valence-corrected chi connectivity index (χ3v) is 5.14. The van der Waals surface area contributed by atoms with Crippen LogP contribution in [0.5, 0.6) is 17.2 Å². The Kier molecular flexibility index (Phi) is 7.13. The molecule has 0 spiro atoms. The molecule has 1 aliphatic heterocycles. The maximum atomic E-state index is 12.3. The molecule has 0 bridgehead atoms. The number of amidine groups is 1. The first-order chi connectivity index (χ1) is 14.1. The summed E-state index contributed by atoms with van der Waals surface area (Å²) in [6, 6.07) is 13.2. The minimum absolute atomic E-state index is 0.0175. The molecule has 2 aromatic carbocycles. The fourth-order valence-corrected chi connectivity index (χ4v) is 3.58. The van der Waals surface area contributed by atoms with Crippen LogP contribution >= 0.6 is 11.8 Å². The molecule has 152 valence electrons. The molecule has 8 heteroatoms. The molecule has 0 unspecified atom stereocenters. The number of rotatable bonds is 8. The lowest BCUT2D eigenvalue weighted by Crippen LogP contribution is -2.28. The van der Waals surface area contributed by atoms with Crippen molar-refractivity contribution >= 4 is 29.1 Å². The molecule has 1 aliphatic rings. The van der Waals surface area contributed by atoms with Gasteiger partial charge in [-0.1, -0.05) is 23.9 Å². The van der Waals surface area contributed by atoms with E-state index in [4.69, 9.17) is 14.2 Å². The lowest BCUT2D eigenvalue weighted by Gasteiger charge is -2.15. The largest absolute Gasteiger partial charge is 0.494 e. The van der Waals surface area contributed by atoms with E-state index in [0.717, 1.165) is 16.9 Å². The van der Waals surface area contributed by atoms with Crippen molar-refractivity contribution in [1.82, 2.24) is 4.90 Å². The normalized spacial score (nSPS) is 15.3. The second kappa shape index (κ2) is 9.97. The van der Waals surface area contributed by atoms with E-state index < -0.39 is 0 Å². The Morgan fingerprint density at radius 1 is 1.10 bits per heavy atom. The summed E-state index contributed by atoms with van der Waals surface area (Å²) in [5.41, 5.74) is 1.82. The summed E-state index contributed by atoms with van der Waals surface area (Å²) in [6.45, 7) is 3.01. The molecule has 1 fully saturated rings. The standard InChI is InChI=1S/C21H23N3O4S/c1-4-28-17-8-5-15(6-9-17)13-24-20(25)14-29-21(24)23-22-12-16-7-10-18(26-2)19(11-16)27-3/h5-12H,4,13-14H2,1-3H3/b22-12-,23-21-. The van der Waals surface area contributed by atoms with Crippen LogP contribution in [0.15, 0.2) is 52.7 Å². The van der Waals surface area contributed by atoms with Crippen molar-refractivity contribution in [1.29, 1.82) is 0 Å². The zero-order valence-corrected chi connectivity index (χ0v) is 17.4. The van der Waals surface area contributed by atoms with Gasteiger partial charge in [0.15, 0.2) is 16.7 Å². The van der Waals surface area contributed by atoms with Crippen LogP contribution in [-0.2, 0) is 11.3 Å². The SMILES string of the molecule is CCOc1ccc(CN2C(=O)CS/C2=N\N=C/c2ccc(OC)c(OC)c2)cc1. The molecule has 1 heterocycles. The van der Waals surface area contributed by atoms with Gasteiger partial charge in [0.2, 0.25) is 5.91 Å². The number of amides is 1. The molecule has 29 heavy (non-hydrogen) atoms. The highest BCUT2D eigenvalue weighted by molar-refractivity contribution is 8.15. The van der Waals surface area contributed by atoms with Crippen LogP contribution < -0.4 is 14.2 Å². The number of hydrogen-bond acceptors (Lipinski definition) is 7. The van der Waals surface area contributed by atoms with Gasteiger partial charge >= 0.3 is 0 Å². The summed E-state index contributed by atoms with van der Waals surface area (Å²) in [5.74, 6) is 2.46. The van der Waals surface area contributed by atoms with Crippen LogP contribution in [-0.4, -0.2) is 48.8 Å². The first-order valence-corrected chi connectivity index (χ1v) is 10.1. The molecule has 0 aliphatic carbocycles. The average molecular weight is 413 g/mol. The van der Waals surface area contributed by atoms with Crippen LogP contribution in [0.1, 0.15) is 18.1 Å². The van der Waals surface area contributed by atoms with E-state index in [2.05, 4.69) is 10.2 Å². The Morgan fingerprint density at radius 3 is 2.55 bits per heavy atom. The van der Waals surface area contributed by atoms with E-state index in [9.17, 15) is 4.79 Å². The minimum atomic E-state index is 0.0175. The second-order valence-corrected chi connectivity index (χ2v) is 7.03. The molecule has 2 aromatic rings. The van der Waals surface area contributed by atoms with Crippen LogP contribution in [0, 0.1) is 0 Å². The van der Waals surface area contributed by atoms with Crippen LogP contribution in [0.25, 0.3) is 0 Å². The van der Waals surface area contributed by atoms with Crippen LogP contribution in [0.3, 0.4) is 0 Å². The highest BCUT2D eigenvalue weighted by Gasteiger charge is 2.28. The quantitative estimate of drug-likeness (QED) is 0.489. The van der Waals surface area contributed by atoms with Gasteiger partial charge in [0.05, 0.1) is 39.3 Å². The van der Waals surface area contributed by atoms with Crippen LogP contribution in [0.4, 0.5) is 0 Å². The van der Waals surface area contributed by atoms with Gasteiger partial charge in [-0.15, -0.1) is 5.10 Å². The Balaban J connectivity index is 1.70. The van der Waals surface area contributed by atoms with E-state index in [1.165, 1.54) is 11.8 Å². The Labute approximate surface area is 174 Å². The molecule has 0 saturated carbocycles. The number of carbonyl (C=O) groups is 1. The smallest absolute Gasteiger partial charge is 0.239 e. The van der Waals surface area contributed by atoms with Crippen molar-refractivity contribution in [2.45, 2.75) is 13.5 Å². The van der Waals surface area contributed by atoms with E-state index in [1.807, 2.05) is 43.3 Å². The number of benzene rings is 2. The lowest BCUT2D eigenvalue weighted by molar-refractivity contribution is -0.124. The van der Waals surface area contributed by atoms with Gasteiger partial charge in [-0.05, 0) is 48.4 Å². The van der Waals surface area contributed by atoms with Crippen molar-refractivity contribution in [2.24, 2.45) is 10.2 Å². The van der Waals surface area contributed by atoms with Gasteiger partial charge in [-0.3, -0.25) is 9.69 Å². The number of hydrogen-bond donors (Lipinski definition) is 0. The summed E-state index contributed by atoms with van der Waals surface area (Å²) >= 11 is 1.38. The molecular formula is C21H23N3O4S. The molecule has 7 nitrogen and oxygen atoms in total. The Hall–Kier alpha value is -3.00. The van der Waals surface area contributed by atoms with Gasteiger partial charge in [0, 0.05) is 0 Å². The zero-order valence-electron chi connectivity index (χ0n) is 16.6. The summed E-state index contributed by atoms with van der Waals surface area (Å²) in [7, 11) is 3.17. The number of ether oxygens (including phenoxy) is 3. The fraction of sp³-hybridized carbons (Fsp3) is 0.286. The summed E-state index contributed by atoms with van der Waals surface area (Å²) in [6.07, 6.45) is 1.62. The fourth-order valence-electron chi connectivity index (χ4n) is 2.75. The predicted molar refractivity (Wildman–Crippen MR) is 115 cm³/mol. The summed E-state index contributed by atoms with van der Waals surface area (Å²) in [4.78, 5) is 13.9. The topological polar surface area (TPSA) is 72.7 Å². The van der Waals surface area contributed by atoms with Crippen molar-refractivity contribution in [2.75, 3.05) is 26.6 Å². The number of nitrogens with zero attached hydrogens (tertiary/aromatic N) is 3. The first-order valence-electron chi connectivity index (χ1n) is 9.12. The van der Waals surface area contributed by atoms with Crippen molar-refractivity contribution in [3.05, 3.63) is 53.6 Å². The average Bonchev–Trinajstić information content (AvgIpc) is 3.09. The molecule has 1 amide bonds. The van der Waals surface area contributed by atoms with E-state index in [-0.39, 0.29) is 5.91 Å². The minimum Gasteiger partial charge on any atom is -0.494 e. The summed E-state index contributed by atoms with van der Waals surface area (Å²) < 4.78 is 16.0. The van der Waals surface area contributed by atoms with E-state index in [1.54, 1.807) is 31.4 Å². The molecular weight excluding hydrogens is 390 g/mol. The second-order valence-electron chi connectivity index (χ2n) is 6.09. The molecule has 0 N–H and O–H groups in total. The third kappa shape index (κ3) is 5.29. The maximum Gasteiger partial charge on any atom is 0.239 e. The van der Waals surface area contributed by atoms with Gasteiger partial charge < -0.3 is 14.2 Å². The third-order valence-electron chi connectivity index (χ3n) is 4.19. The number of methoxy groups -OCH3 is 2. The number of carbonyl (C=O) groups excluding carboxylic acids is 1. The Bertz CT molecular complexity index is 913. The first kappa shape index (κ1) is 20.7. The monoisotopic (exact) mass is 413 g/mol. The lowest BCUT2D eigenvalue weighted by atomic mass is 10.2. The summed E-state index contributed by atoms with van der Waals surface area (Å²) in [5, 5.41) is 8.98. The highest BCUT2D eigenvalue weighted by Crippen LogP contribution is 2.27. The molecule has 0 atom stereocenters. The molecule has 0 aromatic heterocycles. The molecule has 3 rings (SSSR count). The van der Waals surface area contributed by atoms with Gasteiger partial charge in [-0.25, -0.2) is 0 Å². The predicted octanol–water partition coefficient (Wildman–Crippen LogP) is 3.57. The van der Waals surface area contributed by atoms with Crippen molar-refractivity contribution < 1.29 is 19.0 Å². The van der Waals surface area contributed by atoms with E-state index >= 15 is 0 Å². The molecule has 1 saturated heterocycles. The Morgan fingerprint density at radius 2 is 1.86 bits per heavy atom. The highest BCUT2D eigenvalue weighted by atomic mass is 32.2. The van der Waals surface area contributed by atoms with Gasteiger partial charge in [0.1, 0.15) is 5.75 Å². The van der Waals surface area contributed by atoms with Crippen LogP contribution in [0.2, 0.25) is 0 Å². The van der Waals surface area contributed by atoms with Crippen molar-refractivity contribution in [3.8, 4) is 17.2 Å². The van der Waals surface area contributed by atoms with Gasteiger partial charge in [0.25, 0.3) is 0 Å². The number of thioether (sulfide) groups is 1. The molecule has 0 radical (unpaired) electrons. The van der Waals surface area contributed by atoms with E-state index in [0.29, 0.717) is 35.6 Å².